The Morgan fingerprint density at radius 3 is 2.80 bits per heavy atom. The number of carbonyl (C=O) groups excluding carboxylic acids is 1. The van der Waals surface area contributed by atoms with Gasteiger partial charge in [0.25, 0.3) is 5.91 Å². The van der Waals surface area contributed by atoms with Crippen LogP contribution in [0.5, 0.6) is 0 Å². The lowest BCUT2D eigenvalue weighted by Gasteiger charge is -2.28. The monoisotopic (exact) mass is 275 g/mol. The second-order valence-electron chi connectivity index (χ2n) is 5.68. The van der Waals surface area contributed by atoms with E-state index >= 15 is 0 Å². The number of benzene rings is 1. The molecule has 0 aromatic heterocycles. The van der Waals surface area contributed by atoms with E-state index in [4.69, 9.17) is 0 Å². The summed E-state index contributed by atoms with van der Waals surface area (Å²) in [6, 6.07) is 8.47. The molecule has 0 radical (unpaired) electrons. The Bertz CT molecular complexity index is 431. The van der Waals surface area contributed by atoms with Crippen molar-refractivity contribution in [3.8, 4) is 0 Å². The van der Waals surface area contributed by atoms with Gasteiger partial charge >= 0.3 is 0 Å². The van der Waals surface area contributed by atoms with Crippen molar-refractivity contribution in [1.29, 1.82) is 0 Å². The maximum atomic E-state index is 12.2. The summed E-state index contributed by atoms with van der Waals surface area (Å²) < 4.78 is 0. The van der Waals surface area contributed by atoms with E-state index in [0.29, 0.717) is 6.54 Å². The van der Waals surface area contributed by atoms with Crippen molar-refractivity contribution in [2.75, 3.05) is 19.6 Å². The Balaban J connectivity index is 1.69. The molecular weight excluding hydrogens is 248 g/mol. The van der Waals surface area contributed by atoms with E-state index in [1.54, 1.807) is 0 Å². The van der Waals surface area contributed by atoms with Crippen molar-refractivity contribution in [3.05, 3.63) is 35.4 Å². The molecule has 3 heteroatoms. The molecule has 0 bridgehead atoms. The normalized spacial score (nSPS) is 14.2. The van der Waals surface area contributed by atoms with Crippen LogP contribution in [0.25, 0.3) is 0 Å². The van der Waals surface area contributed by atoms with Crippen molar-refractivity contribution >= 4 is 5.91 Å². The second-order valence-corrected chi connectivity index (χ2v) is 5.68. The summed E-state index contributed by atoms with van der Waals surface area (Å²) in [6.45, 7) is 5.57. The molecule has 1 aromatic rings. The molecule has 1 aromatic carbocycles. The zero-order valence-corrected chi connectivity index (χ0v) is 12.6. The first-order chi connectivity index (χ1) is 9.81. The second kappa shape index (κ2) is 8.05. The summed E-state index contributed by atoms with van der Waals surface area (Å²) in [5, 5.41) is 2.17. The van der Waals surface area contributed by atoms with Crippen LogP contribution >= 0.6 is 0 Å². The molecule has 0 aliphatic carbocycles. The first-order valence-electron chi connectivity index (χ1n) is 7.97. The van der Waals surface area contributed by atoms with Crippen LogP contribution in [0.1, 0.15) is 43.7 Å². The SMILES string of the molecule is CCCCCC[NH2+]CC(=O)N1CCc2ccccc2C1. The molecule has 0 spiro atoms. The predicted octanol–water partition coefficient (Wildman–Crippen LogP) is 1.72. The first-order valence-corrected chi connectivity index (χ1v) is 7.97. The first kappa shape index (κ1) is 15.0. The fraction of sp³-hybridized carbons (Fsp3) is 0.588. The summed E-state index contributed by atoms with van der Waals surface area (Å²) >= 11 is 0. The van der Waals surface area contributed by atoms with E-state index in [0.717, 1.165) is 26.1 Å². The topological polar surface area (TPSA) is 36.9 Å². The van der Waals surface area contributed by atoms with Gasteiger partial charge in [-0.05, 0) is 30.4 Å². The molecule has 2 rings (SSSR count). The Kier molecular flexibility index (Phi) is 6.06. The van der Waals surface area contributed by atoms with Crippen molar-refractivity contribution in [1.82, 2.24) is 4.90 Å². The maximum absolute atomic E-state index is 12.2. The van der Waals surface area contributed by atoms with Gasteiger partial charge in [-0.1, -0.05) is 44.0 Å². The lowest BCUT2D eigenvalue weighted by molar-refractivity contribution is -0.645. The standard InChI is InChI=1S/C17H26N2O/c1-2-3-4-7-11-18-13-17(20)19-12-10-15-8-5-6-9-16(15)14-19/h5-6,8-9,18H,2-4,7,10-14H2,1H3/p+1. The summed E-state index contributed by atoms with van der Waals surface area (Å²) in [6.07, 6.45) is 6.09. The van der Waals surface area contributed by atoms with Gasteiger partial charge in [-0.2, -0.15) is 0 Å². The fourth-order valence-corrected chi connectivity index (χ4v) is 2.78. The van der Waals surface area contributed by atoms with Crippen LogP contribution in [-0.4, -0.2) is 30.4 Å². The van der Waals surface area contributed by atoms with Crippen LogP contribution in [0.15, 0.2) is 24.3 Å². The Hall–Kier alpha value is -1.35. The number of nitrogens with two attached hydrogens (primary N) is 1. The number of carbonyl (C=O) groups is 1. The smallest absolute Gasteiger partial charge is 0.277 e. The average molecular weight is 275 g/mol. The third-order valence-electron chi connectivity index (χ3n) is 4.06. The molecule has 0 saturated carbocycles. The minimum Gasteiger partial charge on any atom is -0.338 e. The lowest BCUT2D eigenvalue weighted by atomic mass is 10.00. The Labute approximate surface area is 122 Å². The number of hydrogen-bond donors (Lipinski definition) is 1. The zero-order chi connectivity index (χ0) is 14.2. The van der Waals surface area contributed by atoms with Crippen LogP contribution in [0.2, 0.25) is 0 Å². The van der Waals surface area contributed by atoms with Crippen LogP contribution < -0.4 is 5.32 Å². The highest BCUT2D eigenvalue weighted by atomic mass is 16.2. The Morgan fingerprint density at radius 2 is 2.00 bits per heavy atom. The molecule has 20 heavy (non-hydrogen) atoms. The maximum Gasteiger partial charge on any atom is 0.277 e. The summed E-state index contributed by atoms with van der Waals surface area (Å²) in [5.74, 6) is 0.287. The number of amides is 1. The van der Waals surface area contributed by atoms with E-state index in [9.17, 15) is 4.79 Å². The van der Waals surface area contributed by atoms with Gasteiger partial charge in [-0.25, -0.2) is 0 Å². The largest absolute Gasteiger partial charge is 0.338 e. The fourth-order valence-electron chi connectivity index (χ4n) is 2.78. The van der Waals surface area contributed by atoms with E-state index in [-0.39, 0.29) is 5.91 Å². The zero-order valence-electron chi connectivity index (χ0n) is 12.6. The number of rotatable bonds is 7. The number of nitrogens with zero attached hydrogens (tertiary/aromatic N) is 1. The highest BCUT2D eigenvalue weighted by Crippen LogP contribution is 2.17. The van der Waals surface area contributed by atoms with Crippen LogP contribution in [0.3, 0.4) is 0 Å². The van der Waals surface area contributed by atoms with Gasteiger partial charge in [0.05, 0.1) is 6.54 Å². The van der Waals surface area contributed by atoms with Gasteiger partial charge in [-0.15, -0.1) is 0 Å². The minimum absolute atomic E-state index is 0.287. The van der Waals surface area contributed by atoms with Crippen LogP contribution in [-0.2, 0) is 17.8 Å². The molecule has 3 nitrogen and oxygen atoms in total. The minimum atomic E-state index is 0.287. The van der Waals surface area contributed by atoms with E-state index in [2.05, 4.69) is 36.5 Å². The van der Waals surface area contributed by atoms with Gasteiger partial charge in [0.15, 0.2) is 6.54 Å². The number of hydrogen-bond acceptors (Lipinski definition) is 1. The summed E-state index contributed by atoms with van der Waals surface area (Å²) in [5.41, 5.74) is 2.72. The molecule has 1 aliphatic heterocycles. The third-order valence-corrected chi connectivity index (χ3v) is 4.06. The summed E-state index contributed by atoms with van der Waals surface area (Å²) in [7, 11) is 0. The predicted molar refractivity (Wildman–Crippen MR) is 81.4 cm³/mol. The van der Waals surface area contributed by atoms with E-state index in [1.807, 2.05) is 4.90 Å². The molecule has 0 saturated heterocycles. The van der Waals surface area contributed by atoms with E-state index in [1.165, 1.54) is 36.8 Å². The van der Waals surface area contributed by atoms with Gasteiger partial charge in [0.1, 0.15) is 0 Å². The molecule has 0 fully saturated rings. The molecular formula is C17H27N2O+. The molecule has 2 N–H and O–H groups in total. The molecule has 1 amide bonds. The molecule has 110 valence electrons. The molecule has 0 unspecified atom stereocenters. The number of fused-ring (bicyclic) bond motifs is 1. The van der Waals surface area contributed by atoms with Gasteiger partial charge in [-0.3, -0.25) is 4.79 Å². The Morgan fingerprint density at radius 1 is 1.20 bits per heavy atom. The number of quaternary nitrogens is 1. The van der Waals surface area contributed by atoms with Crippen molar-refractivity contribution in [2.45, 2.75) is 45.6 Å². The molecule has 0 atom stereocenters. The van der Waals surface area contributed by atoms with Crippen LogP contribution in [0, 0.1) is 0 Å². The quantitative estimate of drug-likeness (QED) is 0.756. The van der Waals surface area contributed by atoms with Crippen molar-refractivity contribution in [2.24, 2.45) is 0 Å². The van der Waals surface area contributed by atoms with Gasteiger partial charge < -0.3 is 10.2 Å². The highest BCUT2D eigenvalue weighted by molar-refractivity contribution is 5.77. The van der Waals surface area contributed by atoms with Gasteiger partial charge in [0.2, 0.25) is 0 Å². The lowest BCUT2D eigenvalue weighted by Crippen LogP contribution is -2.86. The van der Waals surface area contributed by atoms with Crippen LogP contribution in [0.4, 0.5) is 0 Å². The average Bonchev–Trinajstić information content (AvgIpc) is 2.50. The van der Waals surface area contributed by atoms with E-state index < -0.39 is 0 Å². The summed E-state index contributed by atoms with van der Waals surface area (Å²) in [4.78, 5) is 14.2. The molecule has 1 heterocycles. The van der Waals surface area contributed by atoms with Crippen molar-refractivity contribution in [3.63, 3.8) is 0 Å². The van der Waals surface area contributed by atoms with Gasteiger partial charge in [0, 0.05) is 13.1 Å². The third kappa shape index (κ3) is 4.34. The molecule has 1 aliphatic rings. The highest BCUT2D eigenvalue weighted by Gasteiger charge is 2.20. The van der Waals surface area contributed by atoms with Crippen molar-refractivity contribution < 1.29 is 10.1 Å². The number of unbranched alkanes of at least 4 members (excludes halogenated alkanes) is 3.